The molecule has 490 valence electrons. The van der Waals surface area contributed by atoms with E-state index < -0.39 is 155 Å². The molecule has 0 saturated carbocycles. The average molecular weight is 1360 g/mol. The van der Waals surface area contributed by atoms with Gasteiger partial charge in [0.25, 0.3) is 0 Å². The van der Waals surface area contributed by atoms with Gasteiger partial charge in [0, 0.05) is 33.9 Å². The van der Waals surface area contributed by atoms with Crippen LogP contribution in [0.3, 0.4) is 0 Å². The van der Waals surface area contributed by atoms with Crippen LogP contribution in [0.5, 0.6) is 0 Å². The molecule has 0 unspecified atom stereocenters. The van der Waals surface area contributed by atoms with Crippen LogP contribution in [0.15, 0.2) is 182 Å². The van der Waals surface area contributed by atoms with Gasteiger partial charge in [-0.2, -0.15) is 111 Å². The lowest BCUT2D eigenvalue weighted by molar-refractivity contribution is -0.144. The average Bonchev–Trinajstić information content (AvgIpc) is 1.55. The lowest BCUT2D eigenvalue weighted by Crippen LogP contribution is -2.12. The Labute approximate surface area is 521 Å². The third-order valence-electron chi connectivity index (χ3n) is 16.1. The molecular weight excluding hydrogens is 1330 g/mol. The van der Waals surface area contributed by atoms with Gasteiger partial charge in [-0.1, -0.05) is 72.8 Å². The lowest BCUT2D eigenvalue weighted by atomic mass is 9.95. The monoisotopic (exact) mass is 1360 g/mol. The minimum Gasteiger partial charge on any atom is -0.308 e. The molecule has 0 fully saturated rings. The van der Waals surface area contributed by atoms with E-state index >= 15 is 52.7 Å². The fourth-order valence-electron chi connectivity index (χ4n) is 11.8. The third-order valence-corrected chi connectivity index (χ3v) is 16.1. The van der Waals surface area contributed by atoms with Crippen molar-refractivity contribution < 1.29 is 105 Å². The second-order valence-corrected chi connectivity index (χ2v) is 21.9. The Morgan fingerprint density at radius 1 is 0.260 bits per heavy atom. The van der Waals surface area contributed by atoms with E-state index in [-0.39, 0.29) is 79.0 Å². The molecule has 0 N–H and O–H groups in total. The number of nitriles is 1. The van der Waals surface area contributed by atoms with E-state index in [2.05, 4.69) is 4.98 Å². The Bertz CT molecular complexity index is 4620. The van der Waals surface area contributed by atoms with Crippen molar-refractivity contribution in [2.24, 2.45) is 0 Å². The SMILES string of the molecule is N#Cc1c(-n2c3cc(-c4ccc(C(F)(F)F)cc4C(F)(F)F)ccc3c3ccc(-c4ccc(C(F)(F)F)cc4C(F)(F)F)cc32)cc(-c2ccncc2)cc1-n1c2cc(-c3ccc(C(F)(F)F)cc3C(F)(F)F)ccc2c2ccc(-c3ccc(C(F)(F)F)cc3C(F)(F)F)cc21. The van der Waals surface area contributed by atoms with Gasteiger partial charge in [0.05, 0.1) is 77.9 Å². The van der Waals surface area contributed by atoms with E-state index in [0.717, 1.165) is 81.9 Å². The number of hydrogen-bond donors (Lipinski definition) is 0. The van der Waals surface area contributed by atoms with Crippen molar-refractivity contribution in [1.29, 1.82) is 5.26 Å². The normalized spacial score (nSPS) is 13.2. The molecule has 0 aliphatic rings. The summed E-state index contributed by atoms with van der Waals surface area (Å²) in [4.78, 5) is 4.01. The van der Waals surface area contributed by atoms with Crippen molar-refractivity contribution in [2.45, 2.75) is 49.4 Å². The van der Waals surface area contributed by atoms with Crippen LogP contribution < -0.4 is 0 Å². The first kappa shape index (κ1) is 65.6. The predicted molar refractivity (Wildman–Crippen MR) is 305 cm³/mol. The highest BCUT2D eigenvalue weighted by atomic mass is 19.4. The third kappa shape index (κ3) is 11.8. The molecule has 28 heteroatoms. The summed E-state index contributed by atoms with van der Waals surface area (Å²) in [6, 6.07) is 22.6. The van der Waals surface area contributed by atoms with Crippen molar-refractivity contribution in [1.82, 2.24) is 14.1 Å². The van der Waals surface area contributed by atoms with Crippen molar-refractivity contribution >= 4 is 43.6 Å². The molecule has 0 aliphatic heterocycles. The standard InChI is InChI=1S/C68H30F24N4/c69-61(70,71)38-5-13-42(51(27-38)65(81,82)83)33-1-9-46-47-10-2-34(43-14-6-39(62(72,73)74)28-52(43)66(84,85)86)22-56(47)95(55(46)21-33)59-25-37(32-17-19-94-20-18-32)26-60(50(59)31-93)96-57-23-35(44-15-7-40(63(75,76)77)29-53(44)67(87,88)89)3-11-48(57)49-12-4-36(24-58(49)96)45-16-8-41(64(78,79)80)30-54(45)68(90,91)92/h1-30H. The van der Waals surface area contributed by atoms with Gasteiger partial charge in [0.2, 0.25) is 0 Å². The Morgan fingerprint density at radius 2 is 0.510 bits per heavy atom. The van der Waals surface area contributed by atoms with Crippen molar-refractivity contribution in [2.75, 3.05) is 0 Å². The Kier molecular flexibility index (Phi) is 15.3. The summed E-state index contributed by atoms with van der Waals surface area (Å²) in [7, 11) is 0. The molecule has 12 aromatic rings. The second-order valence-electron chi connectivity index (χ2n) is 21.9. The molecule has 0 aliphatic carbocycles. The smallest absolute Gasteiger partial charge is 0.308 e. The summed E-state index contributed by atoms with van der Waals surface area (Å²) in [5, 5.41) is 11.6. The number of nitrogens with zero attached hydrogens (tertiary/aromatic N) is 4. The number of alkyl halides is 24. The van der Waals surface area contributed by atoms with Crippen molar-refractivity contribution in [3.63, 3.8) is 0 Å². The highest BCUT2D eigenvalue weighted by Gasteiger charge is 2.43. The van der Waals surface area contributed by atoms with E-state index in [9.17, 15) is 57.9 Å². The van der Waals surface area contributed by atoms with Crippen molar-refractivity contribution in [3.8, 4) is 73.1 Å². The van der Waals surface area contributed by atoms with Crippen LogP contribution in [0.4, 0.5) is 105 Å². The largest absolute Gasteiger partial charge is 0.417 e. The predicted octanol–water partition coefficient (Wildman–Crippen LogP) is 23.6. The lowest BCUT2D eigenvalue weighted by Gasteiger charge is -2.20. The van der Waals surface area contributed by atoms with Crippen LogP contribution in [-0.2, 0) is 49.4 Å². The summed E-state index contributed by atoms with van der Waals surface area (Å²) >= 11 is 0. The summed E-state index contributed by atoms with van der Waals surface area (Å²) < 4.78 is 351. The summed E-state index contributed by atoms with van der Waals surface area (Å²) in [5.74, 6) is 0. The highest BCUT2D eigenvalue weighted by Crippen LogP contribution is 2.50. The zero-order valence-electron chi connectivity index (χ0n) is 47.2. The Hall–Kier alpha value is -10.5. The molecule has 0 amide bonds. The minimum atomic E-state index is -5.52. The summed E-state index contributed by atoms with van der Waals surface area (Å²) in [5.41, 5.74) is -22.4. The molecule has 9 aromatic carbocycles. The van der Waals surface area contributed by atoms with Crippen LogP contribution in [-0.4, -0.2) is 14.1 Å². The summed E-state index contributed by atoms with van der Waals surface area (Å²) in [6.45, 7) is 0. The highest BCUT2D eigenvalue weighted by molar-refractivity contribution is 6.13. The number of aromatic nitrogens is 3. The first-order valence-electron chi connectivity index (χ1n) is 27.4. The number of rotatable bonds is 7. The van der Waals surface area contributed by atoms with Crippen LogP contribution in [0, 0.1) is 11.3 Å². The van der Waals surface area contributed by atoms with Gasteiger partial charge in [0.15, 0.2) is 0 Å². The second kappa shape index (κ2) is 22.3. The molecule has 3 heterocycles. The van der Waals surface area contributed by atoms with Crippen LogP contribution >= 0.6 is 0 Å². The van der Waals surface area contributed by atoms with Crippen LogP contribution in [0.1, 0.15) is 50.1 Å². The van der Waals surface area contributed by atoms with Gasteiger partial charge in [0.1, 0.15) is 11.6 Å². The quantitative estimate of drug-likeness (QED) is 0.149. The zero-order valence-corrected chi connectivity index (χ0v) is 47.2. The Morgan fingerprint density at radius 3 is 0.729 bits per heavy atom. The molecule has 0 spiro atoms. The number of halogens is 24. The maximum atomic E-state index is 15.0. The molecule has 0 saturated heterocycles. The van der Waals surface area contributed by atoms with Gasteiger partial charge in [-0.15, -0.1) is 0 Å². The molecular formula is C68H30F24N4. The number of fused-ring (bicyclic) bond motifs is 6. The summed E-state index contributed by atoms with van der Waals surface area (Å²) in [6.07, 6.45) is -40.9. The fourth-order valence-corrected chi connectivity index (χ4v) is 11.8. The molecule has 0 radical (unpaired) electrons. The van der Waals surface area contributed by atoms with Crippen LogP contribution in [0.2, 0.25) is 0 Å². The van der Waals surface area contributed by atoms with Crippen LogP contribution in [0.25, 0.3) is 111 Å². The molecule has 3 aromatic heterocycles. The van der Waals surface area contributed by atoms with Crippen molar-refractivity contribution in [3.05, 3.63) is 232 Å². The zero-order chi connectivity index (χ0) is 69.5. The van der Waals surface area contributed by atoms with Gasteiger partial charge < -0.3 is 9.13 Å². The fraction of sp³-hybridized carbons (Fsp3) is 0.118. The van der Waals surface area contributed by atoms with E-state index in [0.29, 0.717) is 48.5 Å². The van der Waals surface area contributed by atoms with Gasteiger partial charge >= 0.3 is 49.4 Å². The molecule has 12 rings (SSSR count). The molecule has 4 nitrogen and oxygen atoms in total. The van der Waals surface area contributed by atoms with Gasteiger partial charge in [-0.3, -0.25) is 4.98 Å². The maximum Gasteiger partial charge on any atom is 0.417 e. The topological polar surface area (TPSA) is 46.5 Å². The number of hydrogen-bond acceptors (Lipinski definition) is 2. The maximum absolute atomic E-state index is 15.0. The van der Waals surface area contributed by atoms with Gasteiger partial charge in [-0.25, -0.2) is 0 Å². The van der Waals surface area contributed by atoms with E-state index in [1.807, 2.05) is 6.07 Å². The van der Waals surface area contributed by atoms with E-state index in [1.54, 1.807) is 0 Å². The minimum absolute atomic E-state index is 0.0378. The molecule has 0 bridgehead atoms. The first-order valence-corrected chi connectivity index (χ1v) is 27.4. The number of pyridine rings is 1. The molecule has 96 heavy (non-hydrogen) atoms. The van der Waals surface area contributed by atoms with E-state index in [1.165, 1.54) is 36.7 Å². The Balaban J connectivity index is 1.25. The molecule has 0 atom stereocenters. The van der Waals surface area contributed by atoms with E-state index in [4.69, 9.17) is 0 Å². The van der Waals surface area contributed by atoms with Gasteiger partial charge in [-0.05, 0) is 153 Å². The first-order chi connectivity index (χ1) is 44.6. The number of benzene rings is 9.